The van der Waals surface area contributed by atoms with Gasteiger partial charge in [0.05, 0.1) is 89.4 Å². The molecule has 5 N–H and O–H groups in total. The van der Waals surface area contributed by atoms with Crippen molar-refractivity contribution in [3.05, 3.63) is 125 Å². The summed E-state index contributed by atoms with van der Waals surface area (Å²) < 4.78 is 84.0. The monoisotopic (exact) mass is 1560 g/mol. The molecule has 14 aliphatic rings. The first-order chi connectivity index (χ1) is 53.4. The second-order valence-corrected chi connectivity index (χ2v) is 32.6. The third kappa shape index (κ3) is 10.9. The Hall–Kier alpha value is -9.29. The number of ether oxygens (including phenoxy) is 14. The van der Waals surface area contributed by atoms with E-state index in [9.17, 15) is 39.8 Å². The number of rotatable bonds is 8. The molecule has 0 aromatic heterocycles. The molecule has 586 valence electrons. The molecule has 8 bridgehead atoms. The molecule has 0 saturated carbocycles. The van der Waals surface area contributed by atoms with Crippen molar-refractivity contribution in [3.63, 3.8) is 0 Å². The Labute approximate surface area is 649 Å². The number of thioether (sulfide) groups is 2. The van der Waals surface area contributed by atoms with Crippen LogP contribution in [0.4, 0.5) is 0 Å². The van der Waals surface area contributed by atoms with Crippen molar-refractivity contribution in [2.75, 3.05) is 108 Å². The third-order valence-corrected chi connectivity index (χ3v) is 28.1. The molecule has 6 aromatic rings. The average molecular weight is 1560 g/mol. The number of phenols is 2. The number of fused-ring (bicyclic) bond motifs is 18. The molecule has 6 aromatic carbocycles. The fourth-order valence-electron chi connectivity index (χ4n) is 20.5. The molecular formula is C81H89N7O21S2. The number of aromatic hydroxyl groups is 2. The number of aryl methyl sites for hydroxylation is 2. The number of likely N-dealkylation sites (N-methyl/N-ethyl adjacent to an activating group) is 2. The van der Waals surface area contributed by atoms with Gasteiger partial charge in [-0.3, -0.25) is 39.8 Å². The highest BCUT2D eigenvalue weighted by Crippen LogP contribution is 2.68. The van der Waals surface area contributed by atoms with Crippen LogP contribution in [0.2, 0.25) is 0 Å². The van der Waals surface area contributed by atoms with Crippen molar-refractivity contribution in [1.82, 2.24) is 30.2 Å². The fraction of sp³-hybridized carbons (Fsp3) is 0.494. The van der Waals surface area contributed by atoms with Crippen LogP contribution in [0.5, 0.6) is 80.5 Å². The summed E-state index contributed by atoms with van der Waals surface area (Å²) >= 11 is 3.02. The number of nitrogens with zero attached hydrogens (tertiary/aromatic N) is 5. The van der Waals surface area contributed by atoms with E-state index in [2.05, 4.69) is 37.5 Å². The smallest absolute Gasteiger partial charge is 0.331 e. The molecular weight excluding hydrogens is 1470 g/mol. The summed E-state index contributed by atoms with van der Waals surface area (Å²) in [5.74, 6) is 3.96. The number of hydrogen-bond acceptors (Lipinski definition) is 30. The lowest BCUT2D eigenvalue weighted by atomic mass is 9.71. The van der Waals surface area contributed by atoms with Crippen LogP contribution in [0.3, 0.4) is 0 Å². The van der Waals surface area contributed by atoms with Gasteiger partial charge in [0.25, 0.3) is 0 Å². The van der Waals surface area contributed by atoms with Gasteiger partial charge in [-0.05, 0) is 136 Å². The van der Waals surface area contributed by atoms with Gasteiger partial charge in [-0.15, -0.1) is 23.5 Å². The van der Waals surface area contributed by atoms with Gasteiger partial charge in [-0.1, -0.05) is 12.1 Å². The standard InChI is InChI=1S/C41H44N4O10S.C40H45N3O11S/c1-18-10-22-11-24-25(14-42)45-26-15-52-40(48)41(23-13-28(50-6)27(49-5)12-21(23)8-9-43-41)16-56-39(33(45)32(44(24)4)29(22)34(47)35(18)51-7)31-30(26)38-37(53-17-54-38)19(2)36(31)55-20(3)46;1-17-10-21-11-23-38(46)43-24-14-51-39(47)40(22-13-26(49-6)25(48-5)12-20(22)8-9-41-40)15-55-37(31(43)30(42(23)4)27(21)32(45)33(17)50-7)29-28(24)36-35(52-16-53-36)18(2)34(29)54-19(3)44/h10,12-13,24-26,32-33,39,43,47H,8-9,11,15-17H2,1-7H3;10,12-13,23-24,30-31,37-38,41,45-46H,8-9,11,14-16H2,1-7H3/t24-,25-,26-,32+,33?,39+,41+;23-,24-,30+,31?,37+,38-,40+/m00/s1. The number of aliphatic hydroxyl groups excluding tert-OH is 1. The van der Waals surface area contributed by atoms with Crippen molar-refractivity contribution in [2.45, 2.75) is 149 Å². The van der Waals surface area contributed by atoms with Gasteiger partial charge < -0.3 is 81.6 Å². The fourth-order valence-corrected chi connectivity index (χ4v) is 23.9. The Morgan fingerprint density at radius 1 is 0.532 bits per heavy atom. The van der Waals surface area contributed by atoms with Crippen LogP contribution in [0.25, 0.3) is 0 Å². The Kier molecular flexibility index (Phi) is 18.7. The van der Waals surface area contributed by atoms with Crippen LogP contribution in [0, 0.1) is 39.0 Å². The van der Waals surface area contributed by atoms with E-state index < -0.39 is 94.0 Å². The predicted octanol–water partition coefficient (Wildman–Crippen LogP) is 8.01. The number of nitriles is 1. The summed E-state index contributed by atoms with van der Waals surface area (Å²) in [4.78, 5) is 64.1. The van der Waals surface area contributed by atoms with Gasteiger partial charge in [-0.25, -0.2) is 9.59 Å². The lowest BCUT2D eigenvalue weighted by Gasteiger charge is -2.62. The largest absolute Gasteiger partial charge is 0.504 e. The van der Waals surface area contributed by atoms with Crippen LogP contribution < -0.4 is 67.5 Å². The Balaban J connectivity index is 0.000000161. The summed E-state index contributed by atoms with van der Waals surface area (Å²) in [6.07, 6.45) is 1.23. The minimum atomic E-state index is -1.31. The Morgan fingerprint density at radius 2 is 0.937 bits per heavy atom. The average Bonchev–Trinajstić information content (AvgIpc) is 1.49. The van der Waals surface area contributed by atoms with Gasteiger partial charge in [0, 0.05) is 101 Å². The van der Waals surface area contributed by atoms with Crippen LogP contribution in [-0.2, 0) is 65.4 Å². The summed E-state index contributed by atoms with van der Waals surface area (Å²) in [6, 6.07) is 9.47. The highest BCUT2D eigenvalue weighted by molar-refractivity contribution is 7.99. The molecule has 28 nitrogen and oxygen atoms in total. The SMILES string of the molecule is COc1cc2c(cc1OC)[C@@]1(CS[C@@H]3c4c(OC(C)=O)c(C)c5c(c4[C@H](COC1=O)N1C3[C@H]3c4c(cc(C)c(OC)c4O)C[C@@H]([C@@H]1C#N)N3C)OCO5)NCC2.COc1cc2c(cc1OC)[C@@]1(CS[C@@H]3c4c(OC(C)=O)c(C)c5c(c4[C@H](COC1=O)N1C3[C@H]3c4c(cc(C)c(OC)c4O)C[C@@H]([C@@H]1O)N3C)OCO5)NCC2. The zero-order valence-electron chi connectivity index (χ0n) is 64.1. The first-order valence-electron chi connectivity index (χ1n) is 37.2. The van der Waals surface area contributed by atoms with Gasteiger partial charge in [0.15, 0.2) is 80.1 Å². The maximum absolute atomic E-state index is 14.9. The van der Waals surface area contributed by atoms with E-state index in [0.717, 1.165) is 50.1 Å². The number of benzene rings is 6. The molecule has 111 heavy (non-hydrogen) atoms. The zero-order valence-corrected chi connectivity index (χ0v) is 65.8. The lowest BCUT2D eigenvalue weighted by Crippen LogP contribution is -2.70. The first kappa shape index (κ1) is 74.5. The summed E-state index contributed by atoms with van der Waals surface area (Å²) in [5.41, 5.74) is 9.53. The van der Waals surface area contributed by atoms with Gasteiger partial charge in [0.1, 0.15) is 37.0 Å². The van der Waals surface area contributed by atoms with E-state index in [1.54, 1.807) is 42.7 Å². The summed E-state index contributed by atoms with van der Waals surface area (Å²) in [5, 5.41) is 53.9. The minimum absolute atomic E-state index is 0.0497. The van der Waals surface area contributed by atoms with E-state index in [4.69, 9.17) is 66.3 Å². The normalized spacial score (nSPS) is 28.8. The van der Waals surface area contributed by atoms with E-state index in [-0.39, 0.29) is 61.9 Å². The number of nitrogens with one attached hydrogen (secondary N) is 2. The molecule has 14 atom stereocenters. The second-order valence-electron chi connectivity index (χ2n) is 30.4. The highest BCUT2D eigenvalue weighted by Gasteiger charge is 2.65. The maximum atomic E-state index is 14.9. The van der Waals surface area contributed by atoms with E-state index in [1.165, 1.54) is 37.4 Å². The summed E-state index contributed by atoms with van der Waals surface area (Å²) in [6.45, 7) is 10.8. The van der Waals surface area contributed by atoms with Crippen LogP contribution >= 0.6 is 23.5 Å². The van der Waals surface area contributed by atoms with E-state index in [0.29, 0.717) is 147 Å². The van der Waals surface area contributed by atoms with E-state index in [1.807, 2.05) is 77.0 Å². The molecule has 2 unspecified atom stereocenters. The lowest BCUT2D eigenvalue weighted by molar-refractivity contribution is -0.186. The second kappa shape index (κ2) is 27.8. The molecule has 30 heteroatoms. The third-order valence-electron chi connectivity index (χ3n) is 25.1. The van der Waals surface area contributed by atoms with Crippen molar-refractivity contribution >= 4 is 47.4 Å². The molecule has 14 aliphatic heterocycles. The molecule has 4 fully saturated rings. The Bertz CT molecular complexity index is 5000. The van der Waals surface area contributed by atoms with Gasteiger partial charge in [-0.2, -0.15) is 5.26 Å². The highest BCUT2D eigenvalue weighted by atomic mass is 32.2. The van der Waals surface area contributed by atoms with Crippen molar-refractivity contribution in [3.8, 4) is 86.6 Å². The van der Waals surface area contributed by atoms with Crippen LogP contribution in [0.1, 0.15) is 138 Å². The quantitative estimate of drug-likeness (QED) is 0.0711. The number of piperazine rings is 2. The maximum Gasteiger partial charge on any atom is 0.331 e. The molecule has 2 spiro atoms. The number of phenolic OH excluding ortho intramolecular Hbond substituents is 2. The summed E-state index contributed by atoms with van der Waals surface area (Å²) in [7, 11) is 13.4. The molecule has 0 aliphatic carbocycles. The number of aliphatic hydroxyl groups is 1. The number of esters is 4. The zero-order chi connectivity index (χ0) is 78.0. The Morgan fingerprint density at radius 3 is 1.36 bits per heavy atom. The van der Waals surface area contributed by atoms with Crippen LogP contribution in [-0.4, -0.2) is 203 Å². The van der Waals surface area contributed by atoms with Crippen molar-refractivity contribution in [1.29, 1.82) is 5.26 Å². The van der Waals surface area contributed by atoms with Crippen molar-refractivity contribution in [2.24, 2.45) is 0 Å². The van der Waals surface area contributed by atoms with Crippen molar-refractivity contribution < 1.29 is 101 Å². The molecule has 0 radical (unpaired) electrons. The number of carbonyl (C=O) groups excluding carboxylic acids is 4. The van der Waals surface area contributed by atoms with Gasteiger partial charge in [0.2, 0.25) is 13.6 Å². The molecule has 0 amide bonds. The number of hydrogen-bond donors (Lipinski definition) is 5. The predicted molar refractivity (Wildman–Crippen MR) is 402 cm³/mol. The minimum Gasteiger partial charge on any atom is -0.504 e. The van der Waals surface area contributed by atoms with Gasteiger partial charge >= 0.3 is 23.9 Å². The molecule has 20 rings (SSSR count). The molecule has 14 heterocycles. The van der Waals surface area contributed by atoms with Crippen LogP contribution in [0.15, 0.2) is 36.4 Å². The number of methoxy groups -OCH3 is 6. The topological polar surface area (TPSA) is 319 Å². The molecule has 4 saturated heterocycles. The number of carbonyl (C=O) groups is 4. The van der Waals surface area contributed by atoms with E-state index >= 15 is 0 Å². The first-order valence-corrected chi connectivity index (χ1v) is 39.3.